The Kier molecular flexibility index (Phi) is 3.99. The molecule has 0 aliphatic heterocycles. The Morgan fingerprint density at radius 1 is 1.44 bits per heavy atom. The summed E-state index contributed by atoms with van der Waals surface area (Å²) in [5.74, 6) is -2.41. The number of carbonyl (C=O) groups is 2. The molecule has 86 valence electrons. The zero-order valence-corrected chi connectivity index (χ0v) is 8.79. The predicted octanol–water partition coefficient (Wildman–Crippen LogP) is 2.26. The van der Waals surface area contributed by atoms with Crippen molar-refractivity contribution in [1.82, 2.24) is 0 Å². The number of rotatable bonds is 4. The Labute approximate surface area is 92.1 Å². The molecule has 4 nitrogen and oxygen atoms in total. The lowest BCUT2D eigenvalue weighted by Crippen LogP contribution is -2.15. The van der Waals surface area contributed by atoms with E-state index in [1.54, 1.807) is 6.92 Å². The number of anilines is 1. The summed E-state index contributed by atoms with van der Waals surface area (Å²) in [7, 11) is 0. The van der Waals surface area contributed by atoms with E-state index < -0.39 is 17.7 Å². The largest absolute Gasteiger partial charge is 0.478 e. The molecule has 1 rings (SSSR count). The molecule has 2 N–H and O–H groups in total. The van der Waals surface area contributed by atoms with E-state index in [-0.39, 0.29) is 17.7 Å². The minimum atomic E-state index is -1.27. The number of halogens is 1. The summed E-state index contributed by atoms with van der Waals surface area (Å²) in [6.07, 6.45) is 0.843. The van der Waals surface area contributed by atoms with Crippen molar-refractivity contribution in [1.29, 1.82) is 0 Å². The second kappa shape index (κ2) is 5.25. The van der Waals surface area contributed by atoms with Crippen LogP contribution in [0.4, 0.5) is 10.1 Å². The van der Waals surface area contributed by atoms with Crippen LogP contribution >= 0.6 is 0 Å². The fourth-order valence-electron chi connectivity index (χ4n) is 1.26. The zero-order chi connectivity index (χ0) is 12.1. The highest BCUT2D eigenvalue weighted by Gasteiger charge is 2.15. The number of carboxylic acid groups (broad SMARTS) is 1. The molecule has 5 heteroatoms. The van der Waals surface area contributed by atoms with Gasteiger partial charge in [-0.3, -0.25) is 4.79 Å². The van der Waals surface area contributed by atoms with Gasteiger partial charge in [-0.15, -0.1) is 0 Å². The van der Waals surface area contributed by atoms with Gasteiger partial charge in [0, 0.05) is 6.42 Å². The summed E-state index contributed by atoms with van der Waals surface area (Å²) in [6.45, 7) is 1.80. The third kappa shape index (κ3) is 2.79. The van der Waals surface area contributed by atoms with Crippen molar-refractivity contribution in [3.63, 3.8) is 0 Å². The van der Waals surface area contributed by atoms with E-state index in [9.17, 15) is 14.0 Å². The minimum Gasteiger partial charge on any atom is -0.478 e. The number of aromatic carboxylic acids is 1. The molecule has 0 aliphatic carbocycles. The van der Waals surface area contributed by atoms with Gasteiger partial charge < -0.3 is 10.4 Å². The van der Waals surface area contributed by atoms with Gasteiger partial charge in [-0.2, -0.15) is 0 Å². The number of para-hydroxylation sites is 1. The SMILES string of the molecule is CCCC(=O)Nc1c(F)cccc1C(=O)O. The van der Waals surface area contributed by atoms with Crippen molar-refractivity contribution in [2.75, 3.05) is 5.32 Å². The van der Waals surface area contributed by atoms with Crippen molar-refractivity contribution in [3.05, 3.63) is 29.6 Å². The van der Waals surface area contributed by atoms with Gasteiger partial charge in [0.25, 0.3) is 0 Å². The number of nitrogens with one attached hydrogen (secondary N) is 1. The molecule has 0 bridgehead atoms. The Hall–Kier alpha value is -1.91. The molecule has 0 aliphatic rings. The number of benzene rings is 1. The number of carbonyl (C=O) groups excluding carboxylic acids is 1. The Morgan fingerprint density at radius 3 is 2.69 bits per heavy atom. The summed E-state index contributed by atoms with van der Waals surface area (Å²) in [5.41, 5.74) is -0.516. The van der Waals surface area contributed by atoms with Crippen LogP contribution in [0.5, 0.6) is 0 Å². The number of carboxylic acids is 1. The summed E-state index contributed by atoms with van der Waals surface area (Å²) in [6, 6.07) is 3.63. The van der Waals surface area contributed by atoms with Crippen LogP contribution in [0.25, 0.3) is 0 Å². The first-order valence-corrected chi connectivity index (χ1v) is 4.88. The fourth-order valence-corrected chi connectivity index (χ4v) is 1.26. The molecular formula is C11H12FNO3. The van der Waals surface area contributed by atoms with E-state index in [4.69, 9.17) is 5.11 Å². The average molecular weight is 225 g/mol. The summed E-state index contributed by atoms with van der Waals surface area (Å²) < 4.78 is 13.3. The number of amides is 1. The van der Waals surface area contributed by atoms with E-state index in [0.717, 1.165) is 6.07 Å². The van der Waals surface area contributed by atoms with Gasteiger partial charge in [0.1, 0.15) is 5.82 Å². The maximum absolute atomic E-state index is 13.3. The van der Waals surface area contributed by atoms with Crippen molar-refractivity contribution < 1.29 is 19.1 Å². The molecular weight excluding hydrogens is 213 g/mol. The van der Waals surface area contributed by atoms with E-state index >= 15 is 0 Å². The lowest BCUT2D eigenvalue weighted by Gasteiger charge is -2.08. The van der Waals surface area contributed by atoms with Gasteiger partial charge in [-0.05, 0) is 18.6 Å². The van der Waals surface area contributed by atoms with Gasteiger partial charge in [0.2, 0.25) is 5.91 Å². The van der Waals surface area contributed by atoms with Crippen LogP contribution in [0.15, 0.2) is 18.2 Å². The first kappa shape index (κ1) is 12.2. The van der Waals surface area contributed by atoms with E-state index in [1.165, 1.54) is 12.1 Å². The lowest BCUT2D eigenvalue weighted by molar-refractivity contribution is -0.116. The Bertz CT molecular complexity index is 418. The molecule has 1 aromatic carbocycles. The van der Waals surface area contributed by atoms with Gasteiger partial charge >= 0.3 is 5.97 Å². The van der Waals surface area contributed by atoms with Crippen LogP contribution in [0.2, 0.25) is 0 Å². The monoisotopic (exact) mass is 225 g/mol. The maximum atomic E-state index is 13.3. The fraction of sp³-hybridized carbons (Fsp3) is 0.273. The smallest absolute Gasteiger partial charge is 0.337 e. The normalized spacial score (nSPS) is 9.88. The van der Waals surface area contributed by atoms with Crippen molar-refractivity contribution in [3.8, 4) is 0 Å². The molecule has 0 atom stereocenters. The molecule has 0 unspecified atom stereocenters. The standard InChI is InChI=1S/C11H12FNO3/c1-2-4-9(14)13-10-7(11(15)16)5-3-6-8(10)12/h3,5-6H,2,4H2,1H3,(H,13,14)(H,15,16). The Morgan fingerprint density at radius 2 is 2.12 bits per heavy atom. The Balaban J connectivity index is 3.01. The molecule has 0 saturated carbocycles. The molecule has 0 radical (unpaired) electrons. The topological polar surface area (TPSA) is 66.4 Å². The molecule has 1 amide bonds. The van der Waals surface area contributed by atoms with Crippen LogP contribution < -0.4 is 5.32 Å². The second-order valence-corrected chi connectivity index (χ2v) is 3.27. The van der Waals surface area contributed by atoms with Crippen molar-refractivity contribution >= 4 is 17.6 Å². The van der Waals surface area contributed by atoms with Crippen LogP contribution in [0.3, 0.4) is 0 Å². The summed E-state index contributed by atoms with van der Waals surface area (Å²) in [4.78, 5) is 22.1. The quantitative estimate of drug-likeness (QED) is 0.825. The third-order valence-corrected chi connectivity index (χ3v) is 1.99. The third-order valence-electron chi connectivity index (χ3n) is 1.99. The van der Waals surface area contributed by atoms with Gasteiger partial charge in [-0.25, -0.2) is 9.18 Å². The molecule has 0 fully saturated rings. The molecule has 0 heterocycles. The molecule has 16 heavy (non-hydrogen) atoms. The van der Waals surface area contributed by atoms with E-state index in [1.807, 2.05) is 0 Å². The first-order chi connectivity index (χ1) is 7.56. The highest BCUT2D eigenvalue weighted by atomic mass is 19.1. The van der Waals surface area contributed by atoms with Crippen molar-refractivity contribution in [2.45, 2.75) is 19.8 Å². The van der Waals surface area contributed by atoms with Crippen LogP contribution in [0.1, 0.15) is 30.1 Å². The molecule has 1 aromatic rings. The summed E-state index contributed by atoms with van der Waals surface area (Å²) in [5, 5.41) is 11.1. The van der Waals surface area contributed by atoms with Gasteiger partial charge in [0.15, 0.2) is 0 Å². The van der Waals surface area contributed by atoms with E-state index in [0.29, 0.717) is 6.42 Å². The summed E-state index contributed by atoms with van der Waals surface area (Å²) >= 11 is 0. The van der Waals surface area contributed by atoms with Crippen LogP contribution in [-0.2, 0) is 4.79 Å². The predicted molar refractivity (Wildman–Crippen MR) is 56.9 cm³/mol. The van der Waals surface area contributed by atoms with E-state index in [2.05, 4.69) is 5.32 Å². The van der Waals surface area contributed by atoms with Crippen LogP contribution in [0, 0.1) is 5.82 Å². The van der Waals surface area contributed by atoms with Crippen LogP contribution in [-0.4, -0.2) is 17.0 Å². The van der Waals surface area contributed by atoms with Gasteiger partial charge in [-0.1, -0.05) is 13.0 Å². The molecule has 0 saturated heterocycles. The first-order valence-electron chi connectivity index (χ1n) is 4.88. The number of hydrogen-bond acceptors (Lipinski definition) is 2. The van der Waals surface area contributed by atoms with Gasteiger partial charge in [0.05, 0.1) is 11.3 Å². The minimum absolute atomic E-state index is 0.230. The van der Waals surface area contributed by atoms with Crippen molar-refractivity contribution in [2.24, 2.45) is 0 Å². The molecule has 0 spiro atoms. The highest BCUT2D eigenvalue weighted by molar-refractivity contribution is 6.00. The maximum Gasteiger partial charge on any atom is 0.337 e. The average Bonchev–Trinajstić information content (AvgIpc) is 2.21. The lowest BCUT2D eigenvalue weighted by atomic mass is 10.1. The number of hydrogen-bond donors (Lipinski definition) is 2. The zero-order valence-electron chi connectivity index (χ0n) is 8.79. The molecule has 0 aromatic heterocycles. The second-order valence-electron chi connectivity index (χ2n) is 3.27. The highest BCUT2D eigenvalue weighted by Crippen LogP contribution is 2.20.